The summed E-state index contributed by atoms with van der Waals surface area (Å²) in [6.07, 6.45) is 2.39. The van der Waals surface area contributed by atoms with Gasteiger partial charge in [0.15, 0.2) is 6.10 Å². The standard InChI is InChI=1S/C22H19ClF2O4/c1-2-28-21(22(26)27)13-16-7-8-20(19(23)12-16)29-9-5-3-4-6-15-10-17(24)14-18(25)11-15/h3,5,7-8,10-12,14,21H,2,9,13H2,1H3,(H,26,27)/b5-3-/t21-/m0/s1. The molecule has 0 spiro atoms. The van der Waals surface area contributed by atoms with Crippen LogP contribution in [0.4, 0.5) is 8.78 Å². The molecule has 29 heavy (non-hydrogen) atoms. The Labute approximate surface area is 172 Å². The third-order valence-electron chi connectivity index (χ3n) is 3.68. The first kappa shape index (κ1) is 22.4. The number of halogens is 3. The van der Waals surface area contributed by atoms with Crippen molar-refractivity contribution in [3.63, 3.8) is 0 Å². The SMILES string of the molecule is CCO[C@@H](Cc1ccc(OC/C=C\C#Cc2cc(F)cc(F)c2)c(Cl)c1)C(=O)O. The van der Waals surface area contributed by atoms with Gasteiger partial charge in [-0.1, -0.05) is 29.5 Å². The van der Waals surface area contributed by atoms with Gasteiger partial charge in [0.1, 0.15) is 24.0 Å². The molecule has 0 saturated heterocycles. The zero-order chi connectivity index (χ0) is 21.2. The van der Waals surface area contributed by atoms with Crippen LogP contribution in [0.5, 0.6) is 5.75 Å². The Kier molecular flexibility index (Phi) is 8.66. The van der Waals surface area contributed by atoms with E-state index in [4.69, 9.17) is 26.2 Å². The lowest BCUT2D eigenvalue weighted by Crippen LogP contribution is -2.26. The van der Waals surface area contributed by atoms with E-state index in [0.29, 0.717) is 22.9 Å². The highest BCUT2D eigenvalue weighted by Gasteiger charge is 2.18. The van der Waals surface area contributed by atoms with Crippen molar-refractivity contribution in [2.45, 2.75) is 19.4 Å². The van der Waals surface area contributed by atoms with Gasteiger partial charge in [-0.3, -0.25) is 0 Å². The Balaban J connectivity index is 1.90. The molecule has 4 nitrogen and oxygen atoms in total. The highest BCUT2D eigenvalue weighted by molar-refractivity contribution is 6.32. The second kappa shape index (κ2) is 11.2. The van der Waals surface area contributed by atoms with Gasteiger partial charge in [-0.2, -0.15) is 0 Å². The van der Waals surface area contributed by atoms with Crippen LogP contribution in [0.3, 0.4) is 0 Å². The highest BCUT2D eigenvalue weighted by Crippen LogP contribution is 2.26. The molecule has 0 aliphatic heterocycles. The summed E-state index contributed by atoms with van der Waals surface area (Å²) in [6, 6.07) is 8.07. The molecule has 0 heterocycles. The third kappa shape index (κ3) is 7.57. The molecule has 2 rings (SSSR count). The van der Waals surface area contributed by atoms with Gasteiger partial charge >= 0.3 is 5.97 Å². The lowest BCUT2D eigenvalue weighted by Gasteiger charge is -2.13. The van der Waals surface area contributed by atoms with E-state index in [1.54, 1.807) is 31.2 Å². The minimum atomic E-state index is -1.03. The Morgan fingerprint density at radius 2 is 1.97 bits per heavy atom. The number of rotatable bonds is 8. The first-order valence-electron chi connectivity index (χ1n) is 8.77. The van der Waals surface area contributed by atoms with Crippen molar-refractivity contribution in [1.29, 1.82) is 0 Å². The molecule has 2 aromatic rings. The zero-order valence-corrected chi connectivity index (χ0v) is 16.4. The van der Waals surface area contributed by atoms with Gasteiger partial charge in [-0.25, -0.2) is 13.6 Å². The summed E-state index contributed by atoms with van der Waals surface area (Å²) >= 11 is 6.18. The van der Waals surface area contributed by atoms with Crippen molar-refractivity contribution in [3.05, 3.63) is 76.3 Å². The molecular formula is C22H19ClF2O4. The first-order valence-corrected chi connectivity index (χ1v) is 9.15. The number of hydrogen-bond acceptors (Lipinski definition) is 3. The van der Waals surface area contributed by atoms with Gasteiger partial charge in [-0.15, -0.1) is 0 Å². The fourth-order valence-corrected chi connectivity index (χ4v) is 2.67. The van der Waals surface area contributed by atoms with Crippen molar-refractivity contribution < 1.29 is 28.2 Å². The number of aliphatic carboxylic acids is 1. The fraction of sp³-hybridized carbons (Fsp3) is 0.227. The topological polar surface area (TPSA) is 55.8 Å². The van der Waals surface area contributed by atoms with Crippen LogP contribution in [0.2, 0.25) is 5.02 Å². The Hall–Kier alpha value is -2.88. The smallest absolute Gasteiger partial charge is 0.333 e. The van der Waals surface area contributed by atoms with Crippen LogP contribution < -0.4 is 4.74 Å². The fourth-order valence-electron chi connectivity index (χ4n) is 2.42. The molecule has 0 unspecified atom stereocenters. The third-order valence-corrected chi connectivity index (χ3v) is 3.97. The monoisotopic (exact) mass is 420 g/mol. The number of benzene rings is 2. The van der Waals surface area contributed by atoms with Crippen LogP contribution >= 0.6 is 11.6 Å². The molecule has 7 heteroatoms. The first-order chi connectivity index (χ1) is 13.9. The number of ether oxygens (including phenoxy) is 2. The van der Waals surface area contributed by atoms with E-state index in [0.717, 1.165) is 18.2 Å². The van der Waals surface area contributed by atoms with Crippen molar-refractivity contribution >= 4 is 17.6 Å². The number of carboxylic acid groups (broad SMARTS) is 1. The van der Waals surface area contributed by atoms with E-state index in [1.807, 2.05) is 0 Å². The predicted molar refractivity (Wildman–Crippen MR) is 106 cm³/mol. The van der Waals surface area contributed by atoms with Crippen molar-refractivity contribution in [1.82, 2.24) is 0 Å². The summed E-state index contributed by atoms with van der Waals surface area (Å²) in [6.45, 7) is 2.21. The Morgan fingerprint density at radius 1 is 1.24 bits per heavy atom. The Bertz CT molecular complexity index is 927. The predicted octanol–water partition coefficient (Wildman–Crippen LogP) is 4.64. The van der Waals surface area contributed by atoms with Crippen molar-refractivity contribution in [3.8, 4) is 17.6 Å². The van der Waals surface area contributed by atoms with Crippen LogP contribution in [-0.2, 0) is 16.0 Å². The quantitative estimate of drug-likeness (QED) is 0.632. The van der Waals surface area contributed by atoms with E-state index < -0.39 is 23.7 Å². The summed E-state index contributed by atoms with van der Waals surface area (Å²) in [5.41, 5.74) is 0.949. The van der Waals surface area contributed by atoms with Gasteiger partial charge in [0.05, 0.1) is 5.02 Å². The van der Waals surface area contributed by atoms with E-state index >= 15 is 0 Å². The maximum Gasteiger partial charge on any atom is 0.333 e. The van der Waals surface area contributed by atoms with Crippen LogP contribution in [0.1, 0.15) is 18.1 Å². The molecular weight excluding hydrogens is 402 g/mol. The highest BCUT2D eigenvalue weighted by atomic mass is 35.5. The van der Waals surface area contributed by atoms with Crippen LogP contribution in [-0.4, -0.2) is 30.4 Å². The molecule has 0 fully saturated rings. The average Bonchev–Trinajstić information content (AvgIpc) is 2.64. The van der Waals surface area contributed by atoms with Crippen LogP contribution in [0, 0.1) is 23.5 Å². The van der Waals surface area contributed by atoms with Gasteiger partial charge in [0.2, 0.25) is 0 Å². The van der Waals surface area contributed by atoms with Crippen molar-refractivity contribution in [2.75, 3.05) is 13.2 Å². The maximum absolute atomic E-state index is 13.1. The summed E-state index contributed by atoms with van der Waals surface area (Å²) in [4.78, 5) is 11.2. The number of carbonyl (C=O) groups is 1. The summed E-state index contributed by atoms with van der Waals surface area (Å²) in [5.74, 6) is 3.32. The van der Waals surface area contributed by atoms with Crippen LogP contribution in [0.25, 0.3) is 0 Å². The molecule has 0 saturated carbocycles. The molecule has 2 aromatic carbocycles. The lowest BCUT2D eigenvalue weighted by molar-refractivity contribution is -0.149. The summed E-state index contributed by atoms with van der Waals surface area (Å²) < 4.78 is 36.8. The van der Waals surface area contributed by atoms with E-state index in [9.17, 15) is 13.6 Å². The average molecular weight is 421 g/mol. The maximum atomic E-state index is 13.1. The molecule has 0 aromatic heterocycles. The van der Waals surface area contributed by atoms with E-state index in [1.165, 1.54) is 6.08 Å². The molecule has 0 aliphatic carbocycles. The van der Waals surface area contributed by atoms with Crippen LogP contribution in [0.15, 0.2) is 48.6 Å². The largest absolute Gasteiger partial charge is 0.488 e. The Morgan fingerprint density at radius 3 is 2.59 bits per heavy atom. The minimum Gasteiger partial charge on any atom is -0.488 e. The number of hydrogen-bond donors (Lipinski definition) is 1. The molecule has 0 bridgehead atoms. The molecule has 0 aliphatic rings. The normalized spacial score (nSPS) is 11.7. The molecule has 1 atom stereocenters. The minimum absolute atomic E-state index is 0.182. The van der Waals surface area contributed by atoms with E-state index in [-0.39, 0.29) is 18.6 Å². The van der Waals surface area contributed by atoms with Gasteiger partial charge < -0.3 is 14.6 Å². The molecule has 152 valence electrons. The summed E-state index contributed by atoms with van der Waals surface area (Å²) in [7, 11) is 0. The van der Waals surface area contributed by atoms with E-state index in [2.05, 4.69) is 11.8 Å². The lowest BCUT2D eigenvalue weighted by atomic mass is 10.1. The number of allylic oxidation sites excluding steroid dienone is 1. The molecule has 0 amide bonds. The van der Waals surface area contributed by atoms with Gasteiger partial charge in [0, 0.05) is 24.7 Å². The molecule has 1 N–H and O–H groups in total. The zero-order valence-electron chi connectivity index (χ0n) is 15.6. The number of carboxylic acids is 1. The second-order valence-electron chi connectivity index (χ2n) is 5.89. The van der Waals surface area contributed by atoms with Crippen molar-refractivity contribution in [2.24, 2.45) is 0 Å². The second-order valence-corrected chi connectivity index (χ2v) is 6.30. The summed E-state index contributed by atoms with van der Waals surface area (Å²) in [5, 5.41) is 9.48. The molecule has 0 radical (unpaired) electrons. The van der Waals surface area contributed by atoms with Gasteiger partial charge in [-0.05, 0) is 48.9 Å². The van der Waals surface area contributed by atoms with Gasteiger partial charge in [0.25, 0.3) is 0 Å².